The second-order valence-electron chi connectivity index (χ2n) is 9.36. The number of anilines is 1. The number of nitrogens with one attached hydrogen (secondary N) is 1. The molecule has 3 heterocycles. The smallest absolute Gasteiger partial charge is 0.308 e. The first-order valence-electron chi connectivity index (χ1n) is 12.7. The number of para-hydroxylation sites is 2. The molecule has 1 unspecified atom stereocenters. The number of carbonyl (C=O) groups excluding carboxylic acids is 1. The van der Waals surface area contributed by atoms with Crippen molar-refractivity contribution in [3.63, 3.8) is 0 Å². The molecule has 1 aliphatic heterocycles. The van der Waals surface area contributed by atoms with Crippen molar-refractivity contribution in [3.05, 3.63) is 131 Å². The number of hydrogen-bond donors (Lipinski definition) is 1. The molecule has 0 saturated heterocycles. The second kappa shape index (κ2) is 9.47. The first-order valence-corrected chi connectivity index (χ1v) is 12.7. The molecule has 184 valence electrons. The maximum Gasteiger partial charge on any atom is 0.322 e. The Morgan fingerprint density at radius 1 is 0.919 bits per heavy atom. The van der Waals surface area contributed by atoms with Crippen LogP contribution in [0.2, 0.25) is 0 Å². The molecule has 0 bridgehead atoms. The predicted octanol–water partition coefficient (Wildman–Crippen LogP) is 6.67. The quantitative estimate of drug-likeness (QED) is 0.308. The summed E-state index contributed by atoms with van der Waals surface area (Å²) in [6.07, 6.45) is 3.04. The van der Waals surface area contributed by atoms with Crippen LogP contribution in [0.4, 0.5) is 10.5 Å². The third kappa shape index (κ3) is 4.10. The molecular weight excluding hydrogens is 458 g/mol. The fourth-order valence-corrected chi connectivity index (χ4v) is 5.15. The van der Waals surface area contributed by atoms with Gasteiger partial charge >= 0.3 is 6.03 Å². The molecule has 0 spiro atoms. The van der Waals surface area contributed by atoms with Gasteiger partial charge in [0.2, 0.25) is 0 Å². The van der Waals surface area contributed by atoms with Gasteiger partial charge in [-0.15, -0.1) is 0 Å². The number of amides is 2. The van der Waals surface area contributed by atoms with E-state index in [1.165, 1.54) is 5.56 Å². The Bertz CT molecular complexity index is 1530. The minimum Gasteiger partial charge on any atom is -0.308 e. The number of aromatic nitrogens is 3. The summed E-state index contributed by atoms with van der Waals surface area (Å²) in [4.78, 5) is 15.9. The van der Waals surface area contributed by atoms with Crippen molar-refractivity contribution >= 4 is 11.7 Å². The summed E-state index contributed by atoms with van der Waals surface area (Å²) in [5, 5.41) is 8.04. The van der Waals surface area contributed by atoms with Crippen LogP contribution < -0.4 is 5.32 Å². The maximum absolute atomic E-state index is 13.9. The Morgan fingerprint density at radius 3 is 2.32 bits per heavy atom. The minimum atomic E-state index is -0.277. The van der Waals surface area contributed by atoms with E-state index in [9.17, 15) is 4.79 Å². The highest BCUT2D eigenvalue weighted by molar-refractivity contribution is 5.90. The van der Waals surface area contributed by atoms with E-state index in [2.05, 4.69) is 65.5 Å². The Hall–Kier alpha value is -4.58. The van der Waals surface area contributed by atoms with Crippen molar-refractivity contribution in [1.29, 1.82) is 0 Å². The van der Waals surface area contributed by atoms with Gasteiger partial charge in [0.05, 0.1) is 29.7 Å². The molecule has 6 nitrogen and oxygen atoms in total. The summed E-state index contributed by atoms with van der Waals surface area (Å²) in [5.74, 6) is 0.967. The van der Waals surface area contributed by atoms with E-state index in [-0.39, 0.29) is 12.1 Å². The lowest BCUT2D eigenvalue weighted by Gasteiger charge is -2.31. The van der Waals surface area contributed by atoms with E-state index < -0.39 is 0 Å². The van der Waals surface area contributed by atoms with Gasteiger partial charge < -0.3 is 14.8 Å². The summed E-state index contributed by atoms with van der Waals surface area (Å²) in [5.41, 5.74) is 7.04. The molecule has 0 aliphatic carbocycles. The monoisotopic (exact) mass is 487 g/mol. The van der Waals surface area contributed by atoms with E-state index in [1.807, 2.05) is 71.1 Å². The van der Waals surface area contributed by atoms with Gasteiger partial charge in [-0.3, -0.25) is 0 Å². The van der Waals surface area contributed by atoms with Crippen LogP contribution in [-0.2, 0) is 13.0 Å². The van der Waals surface area contributed by atoms with Crippen molar-refractivity contribution in [2.24, 2.45) is 0 Å². The SMILES string of the molecule is CCc1ccc(C2c3cccn3-c3c(c(C)nn3-c3ccccc3)CN2C(=O)Nc2ccccc2)cc1. The molecule has 0 saturated carbocycles. The van der Waals surface area contributed by atoms with E-state index in [4.69, 9.17) is 5.10 Å². The Balaban J connectivity index is 1.53. The standard InChI is InChI=1S/C31H29N5O/c1-3-23-16-18-24(19-17-23)29-28-15-10-20-34(28)30-27(22(2)33-36(30)26-13-8-5-9-14-26)21-35(29)31(37)32-25-11-6-4-7-12-25/h4-20,29H,3,21H2,1-2H3,(H,32,37). The highest BCUT2D eigenvalue weighted by Gasteiger charge is 2.36. The Kier molecular flexibility index (Phi) is 5.85. The van der Waals surface area contributed by atoms with Crippen molar-refractivity contribution in [3.8, 4) is 11.5 Å². The largest absolute Gasteiger partial charge is 0.322 e. The van der Waals surface area contributed by atoms with Crippen LogP contribution in [-0.4, -0.2) is 25.3 Å². The molecule has 1 atom stereocenters. The average Bonchev–Trinajstić information content (AvgIpc) is 3.50. The number of hydrogen-bond acceptors (Lipinski definition) is 2. The second-order valence-corrected chi connectivity index (χ2v) is 9.36. The Morgan fingerprint density at radius 2 is 1.62 bits per heavy atom. The molecule has 0 radical (unpaired) electrons. The van der Waals surface area contributed by atoms with E-state index >= 15 is 0 Å². The van der Waals surface area contributed by atoms with Gasteiger partial charge in [0.1, 0.15) is 5.82 Å². The molecule has 5 aromatic rings. The van der Waals surface area contributed by atoms with E-state index in [0.717, 1.165) is 46.1 Å². The molecule has 6 heteroatoms. The molecule has 37 heavy (non-hydrogen) atoms. The van der Waals surface area contributed by atoms with E-state index in [1.54, 1.807) is 0 Å². The number of benzene rings is 3. The summed E-state index contributed by atoms with van der Waals surface area (Å²) >= 11 is 0. The topological polar surface area (TPSA) is 55.1 Å². The summed E-state index contributed by atoms with van der Waals surface area (Å²) in [6.45, 7) is 4.60. The van der Waals surface area contributed by atoms with Gasteiger partial charge in [0.15, 0.2) is 0 Å². The number of rotatable bonds is 4. The molecule has 2 aromatic heterocycles. The zero-order chi connectivity index (χ0) is 25.4. The molecule has 6 rings (SSSR count). The first kappa shape index (κ1) is 22.9. The molecule has 1 aliphatic rings. The maximum atomic E-state index is 13.9. The van der Waals surface area contributed by atoms with Gasteiger partial charge in [-0.05, 0) is 60.9 Å². The number of fused-ring (bicyclic) bond motifs is 3. The van der Waals surface area contributed by atoms with Crippen molar-refractivity contribution in [2.75, 3.05) is 5.32 Å². The number of aryl methyl sites for hydroxylation is 2. The lowest BCUT2D eigenvalue weighted by atomic mass is 9.99. The van der Waals surface area contributed by atoms with Gasteiger partial charge in [0, 0.05) is 17.4 Å². The highest BCUT2D eigenvalue weighted by atomic mass is 16.2. The molecule has 2 amide bonds. The van der Waals surface area contributed by atoms with E-state index in [0.29, 0.717) is 6.54 Å². The zero-order valence-corrected chi connectivity index (χ0v) is 21.0. The number of nitrogens with zero attached hydrogens (tertiary/aromatic N) is 4. The first-order chi connectivity index (χ1) is 18.1. The molecular formula is C31H29N5O. The van der Waals surface area contributed by atoms with Crippen LogP contribution in [0, 0.1) is 6.92 Å². The fraction of sp³-hybridized carbons (Fsp3) is 0.161. The molecule has 3 aromatic carbocycles. The van der Waals surface area contributed by atoms with Crippen LogP contribution >= 0.6 is 0 Å². The molecule has 1 N–H and O–H groups in total. The minimum absolute atomic E-state index is 0.150. The van der Waals surface area contributed by atoms with Crippen molar-refractivity contribution in [2.45, 2.75) is 32.9 Å². The van der Waals surface area contributed by atoms with Gasteiger partial charge in [-0.1, -0.05) is 67.6 Å². The summed E-state index contributed by atoms with van der Waals surface area (Å²) < 4.78 is 4.18. The number of urea groups is 1. The van der Waals surface area contributed by atoms with Crippen LogP contribution in [0.3, 0.4) is 0 Å². The normalized spacial score (nSPS) is 14.5. The highest BCUT2D eigenvalue weighted by Crippen LogP contribution is 2.38. The lowest BCUT2D eigenvalue weighted by molar-refractivity contribution is 0.194. The predicted molar refractivity (Wildman–Crippen MR) is 146 cm³/mol. The number of carbonyl (C=O) groups is 1. The summed E-state index contributed by atoms with van der Waals surface area (Å²) in [7, 11) is 0. The van der Waals surface area contributed by atoms with Crippen LogP contribution in [0.15, 0.2) is 103 Å². The Labute approximate surface area is 216 Å². The van der Waals surface area contributed by atoms with Crippen LogP contribution in [0.1, 0.15) is 41.0 Å². The third-order valence-electron chi connectivity index (χ3n) is 7.08. The molecule has 0 fully saturated rings. The zero-order valence-electron chi connectivity index (χ0n) is 21.0. The van der Waals surface area contributed by atoms with Gasteiger partial charge in [0.25, 0.3) is 0 Å². The van der Waals surface area contributed by atoms with Crippen LogP contribution in [0.5, 0.6) is 0 Å². The van der Waals surface area contributed by atoms with Crippen LogP contribution in [0.25, 0.3) is 11.5 Å². The lowest BCUT2D eigenvalue weighted by Crippen LogP contribution is -2.38. The van der Waals surface area contributed by atoms with Gasteiger partial charge in [-0.25, -0.2) is 9.48 Å². The van der Waals surface area contributed by atoms with Crippen molar-refractivity contribution < 1.29 is 4.79 Å². The average molecular weight is 488 g/mol. The van der Waals surface area contributed by atoms with Crippen molar-refractivity contribution in [1.82, 2.24) is 19.2 Å². The summed E-state index contributed by atoms with van der Waals surface area (Å²) in [6, 6.07) is 32.1. The van der Waals surface area contributed by atoms with Gasteiger partial charge in [-0.2, -0.15) is 5.10 Å². The third-order valence-corrected chi connectivity index (χ3v) is 7.08. The fourth-order valence-electron chi connectivity index (χ4n) is 5.15.